The number of ether oxygens (including phenoxy) is 1. The molecule has 3 aromatic carbocycles. The monoisotopic (exact) mass is 467 g/mol. The van der Waals surface area contributed by atoms with Gasteiger partial charge in [0.15, 0.2) is 0 Å². The fourth-order valence-electron chi connectivity index (χ4n) is 2.93. The van der Waals surface area contributed by atoms with E-state index in [1.807, 2.05) is 6.07 Å². The highest BCUT2D eigenvalue weighted by Gasteiger charge is 2.19. The number of carbonyl (C=O) groups excluding carboxylic acids is 1. The van der Waals surface area contributed by atoms with Crippen LogP contribution in [0.4, 0.5) is 11.4 Å². The summed E-state index contributed by atoms with van der Waals surface area (Å²) in [5, 5.41) is 11.6. The maximum Gasteiger partial charge on any atom is 0.262 e. The molecule has 0 fully saturated rings. The Labute approximate surface area is 191 Å². The smallest absolute Gasteiger partial charge is 0.262 e. The topological polar surface area (TPSA) is 108 Å². The molecule has 164 valence electrons. The molecule has 0 aromatic heterocycles. The number of anilines is 2. The number of hydrogen-bond donors (Lipinski definition) is 2. The lowest BCUT2D eigenvalue weighted by Crippen LogP contribution is -2.16. The summed E-state index contributed by atoms with van der Waals surface area (Å²) in [4.78, 5) is 13.5. The van der Waals surface area contributed by atoms with Crippen LogP contribution in [0.25, 0.3) is 0 Å². The Hall–Kier alpha value is -3.48. The summed E-state index contributed by atoms with van der Waals surface area (Å²) in [6.07, 6.45) is 0. The van der Waals surface area contributed by atoms with Gasteiger partial charge in [-0.3, -0.25) is 9.52 Å². The first-order valence-corrected chi connectivity index (χ1v) is 12.0. The SMILES string of the molecule is COc1ccc(NS(=O)(=O)c2cc(NC(=O)c3ccccc3SCC#N)ccc2C)cc1. The van der Waals surface area contributed by atoms with Gasteiger partial charge in [0.1, 0.15) is 5.75 Å². The molecule has 0 aliphatic rings. The molecule has 32 heavy (non-hydrogen) atoms. The third-order valence-electron chi connectivity index (χ3n) is 4.50. The van der Waals surface area contributed by atoms with Crippen LogP contribution in [0.1, 0.15) is 15.9 Å². The second kappa shape index (κ2) is 10.2. The van der Waals surface area contributed by atoms with Gasteiger partial charge in [-0.2, -0.15) is 5.26 Å². The van der Waals surface area contributed by atoms with E-state index in [0.29, 0.717) is 33.1 Å². The highest BCUT2D eigenvalue weighted by atomic mass is 32.2. The van der Waals surface area contributed by atoms with E-state index in [0.717, 1.165) is 0 Å². The van der Waals surface area contributed by atoms with Crippen molar-refractivity contribution in [2.45, 2.75) is 16.7 Å². The second-order valence-electron chi connectivity index (χ2n) is 6.71. The normalized spacial score (nSPS) is 10.8. The molecule has 0 saturated carbocycles. The number of methoxy groups -OCH3 is 1. The summed E-state index contributed by atoms with van der Waals surface area (Å²) in [7, 11) is -2.36. The Morgan fingerprint density at radius 2 is 1.75 bits per heavy atom. The van der Waals surface area contributed by atoms with E-state index in [2.05, 4.69) is 10.0 Å². The molecule has 0 heterocycles. The first kappa shape index (κ1) is 23.2. The number of hydrogen-bond acceptors (Lipinski definition) is 6. The molecule has 0 radical (unpaired) electrons. The minimum atomic E-state index is -3.89. The predicted molar refractivity (Wildman–Crippen MR) is 126 cm³/mol. The Morgan fingerprint density at radius 3 is 2.44 bits per heavy atom. The number of nitrogens with zero attached hydrogens (tertiary/aromatic N) is 1. The molecular weight excluding hydrogens is 446 g/mol. The van der Waals surface area contributed by atoms with Crippen LogP contribution < -0.4 is 14.8 Å². The lowest BCUT2D eigenvalue weighted by molar-refractivity contribution is 0.102. The fourth-order valence-corrected chi connectivity index (χ4v) is 4.97. The van der Waals surface area contributed by atoms with E-state index in [9.17, 15) is 13.2 Å². The molecule has 0 bridgehead atoms. The molecule has 0 atom stereocenters. The van der Waals surface area contributed by atoms with Crippen LogP contribution in [0.2, 0.25) is 0 Å². The number of benzene rings is 3. The minimum absolute atomic E-state index is 0.0539. The highest BCUT2D eigenvalue weighted by molar-refractivity contribution is 7.99. The van der Waals surface area contributed by atoms with Crippen LogP contribution >= 0.6 is 11.8 Å². The van der Waals surface area contributed by atoms with Crippen molar-refractivity contribution in [2.24, 2.45) is 0 Å². The Kier molecular flexibility index (Phi) is 7.41. The molecule has 0 unspecified atom stereocenters. The van der Waals surface area contributed by atoms with Crippen molar-refractivity contribution in [3.63, 3.8) is 0 Å². The first-order valence-electron chi connectivity index (χ1n) is 9.51. The summed E-state index contributed by atoms with van der Waals surface area (Å²) < 4.78 is 33.6. The molecule has 2 N–H and O–H groups in total. The number of aryl methyl sites for hydroxylation is 1. The maximum atomic E-state index is 13.0. The summed E-state index contributed by atoms with van der Waals surface area (Å²) in [5.41, 5.74) is 1.68. The van der Waals surface area contributed by atoms with E-state index in [1.165, 1.54) is 24.9 Å². The summed E-state index contributed by atoms with van der Waals surface area (Å²) in [5.74, 6) is 0.442. The molecule has 3 rings (SSSR count). The van der Waals surface area contributed by atoms with Gasteiger partial charge in [0.25, 0.3) is 15.9 Å². The van der Waals surface area contributed by atoms with E-state index in [4.69, 9.17) is 10.00 Å². The van der Waals surface area contributed by atoms with Gasteiger partial charge in [-0.15, -0.1) is 11.8 Å². The third-order valence-corrected chi connectivity index (χ3v) is 6.97. The molecule has 0 saturated heterocycles. The van der Waals surface area contributed by atoms with E-state index >= 15 is 0 Å². The summed E-state index contributed by atoms with van der Waals surface area (Å²) >= 11 is 1.26. The van der Waals surface area contributed by atoms with Gasteiger partial charge in [-0.25, -0.2) is 8.42 Å². The zero-order chi connectivity index (χ0) is 23.1. The van der Waals surface area contributed by atoms with Crippen molar-refractivity contribution in [3.8, 4) is 11.8 Å². The van der Waals surface area contributed by atoms with Crippen LogP contribution in [0.3, 0.4) is 0 Å². The molecule has 7 nitrogen and oxygen atoms in total. The number of nitrogens with one attached hydrogen (secondary N) is 2. The molecule has 0 aliphatic heterocycles. The molecule has 1 amide bonds. The third kappa shape index (κ3) is 5.60. The fraction of sp³-hybridized carbons (Fsp3) is 0.130. The number of amides is 1. The molecule has 9 heteroatoms. The van der Waals surface area contributed by atoms with E-state index < -0.39 is 10.0 Å². The summed E-state index contributed by atoms with van der Waals surface area (Å²) in [6.45, 7) is 1.68. The largest absolute Gasteiger partial charge is 0.497 e. The number of thioether (sulfide) groups is 1. The highest BCUT2D eigenvalue weighted by Crippen LogP contribution is 2.26. The van der Waals surface area contributed by atoms with E-state index in [-0.39, 0.29) is 16.6 Å². The number of rotatable bonds is 8. The maximum absolute atomic E-state index is 13.0. The molecule has 0 spiro atoms. The van der Waals surface area contributed by atoms with Gasteiger partial charge in [0.05, 0.1) is 29.4 Å². The van der Waals surface area contributed by atoms with Gasteiger partial charge in [-0.1, -0.05) is 18.2 Å². The lowest BCUT2D eigenvalue weighted by atomic mass is 10.2. The molecular formula is C23H21N3O4S2. The minimum Gasteiger partial charge on any atom is -0.497 e. The van der Waals surface area contributed by atoms with Crippen molar-refractivity contribution in [1.82, 2.24) is 0 Å². The zero-order valence-electron chi connectivity index (χ0n) is 17.5. The van der Waals surface area contributed by atoms with Gasteiger partial charge < -0.3 is 10.1 Å². The quantitative estimate of drug-likeness (QED) is 0.466. The van der Waals surface area contributed by atoms with Crippen molar-refractivity contribution in [2.75, 3.05) is 22.9 Å². The van der Waals surface area contributed by atoms with Crippen molar-refractivity contribution < 1.29 is 17.9 Å². The Morgan fingerprint density at radius 1 is 1.06 bits per heavy atom. The average molecular weight is 468 g/mol. The Balaban J connectivity index is 1.84. The van der Waals surface area contributed by atoms with Crippen LogP contribution in [0.15, 0.2) is 76.5 Å². The van der Waals surface area contributed by atoms with Crippen molar-refractivity contribution >= 4 is 39.1 Å². The second-order valence-corrected chi connectivity index (χ2v) is 9.38. The van der Waals surface area contributed by atoms with Crippen molar-refractivity contribution in [3.05, 3.63) is 77.9 Å². The molecule has 0 aliphatic carbocycles. The average Bonchev–Trinajstić information content (AvgIpc) is 2.79. The lowest BCUT2D eigenvalue weighted by Gasteiger charge is -2.14. The van der Waals surface area contributed by atoms with Gasteiger partial charge in [0, 0.05) is 16.3 Å². The summed E-state index contributed by atoms with van der Waals surface area (Å²) in [6, 6.07) is 20.2. The molecule has 3 aromatic rings. The van der Waals surface area contributed by atoms with Crippen molar-refractivity contribution in [1.29, 1.82) is 5.26 Å². The van der Waals surface area contributed by atoms with E-state index in [1.54, 1.807) is 67.6 Å². The van der Waals surface area contributed by atoms with Crippen LogP contribution in [-0.4, -0.2) is 27.2 Å². The zero-order valence-corrected chi connectivity index (χ0v) is 19.1. The predicted octanol–water partition coefficient (Wildman–Crippen LogP) is 4.67. The Bertz CT molecular complexity index is 1270. The van der Waals surface area contributed by atoms with Gasteiger partial charge >= 0.3 is 0 Å². The van der Waals surface area contributed by atoms with Gasteiger partial charge in [0.2, 0.25) is 0 Å². The number of carbonyl (C=O) groups is 1. The van der Waals surface area contributed by atoms with Crippen LogP contribution in [-0.2, 0) is 10.0 Å². The number of nitriles is 1. The standard InChI is InChI=1S/C23H21N3O4S2/c1-16-7-8-18(25-23(27)20-5-3-4-6-21(20)31-14-13-24)15-22(16)32(28,29)26-17-9-11-19(30-2)12-10-17/h3-12,15,26H,14H2,1-2H3,(H,25,27). The first-order chi connectivity index (χ1) is 15.3. The van der Waals surface area contributed by atoms with Gasteiger partial charge in [-0.05, 0) is 61.0 Å². The number of sulfonamides is 1. The van der Waals surface area contributed by atoms with Crippen LogP contribution in [0, 0.1) is 18.3 Å². The van der Waals surface area contributed by atoms with Crippen LogP contribution in [0.5, 0.6) is 5.75 Å².